The van der Waals surface area contributed by atoms with Gasteiger partial charge >= 0.3 is 6.01 Å². The lowest BCUT2D eigenvalue weighted by Crippen LogP contribution is -1.89. The molecular formula is C4H3N5O. The largest absolute Gasteiger partial charge is 0.480 e. The Kier molecular flexibility index (Phi) is 0.830. The summed E-state index contributed by atoms with van der Waals surface area (Å²) in [6.07, 6.45) is 2.56. The van der Waals surface area contributed by atoms with Crippen LogP contribution in [0.1, 0.15) is 0 Å². The molecule has 0 unspecified atom stereocenters. The molecule has 0 radical (unpaired) electrons. The molecule has 0 fully saturated rings. The molecule has 10 heavy (non-hydrogen) atoms. The van der Waals surface area contributed by atoms with Crippen LogP contribution in [0.2, 0.25) is 0 Å². The maximum atomic E-state index is 8.99. The van der Waals surface area contributed by atoms with Crippen LogP contribution >= 0.6 is 0 Å². The van der Waals surface area contributed by atoms with Crippen molar-refractivity contribution >= 4 is 5.78 Å². The van der Waals surface area contributed by atoms with Crippen LogP contribution in [-0.4, -0.2) is 29.7 Å². The SMILES string of the molecule is Oc1ncnc2nncn12. The fraction of sp³-hybridized carbons (Fsp3) is 0. The van der Waals surface area contributed by atoms with Crippen molar-refractivity contribution in [2.75, 3.05) is 0 Å². The van der Waals surface area contributed by atoms with E-state index in [1.807, 2.05) is 0 Å². The Labute approximate surface area is 55.2 Å². The van der Waals surface area contributed by atoms with E-state index in [-0.39, 0.29) is 6.01 Å². The normalized spacial score (nSPS) is 10.4. The minimum atomic E-state index is -0.157. The van der Waals surface area contributed by atoms with Gasteiger partial charge in [-0.15, -0.1) is 10.2 Å². The van der Waals surface area contributed by atoms with Crippen LogP contribution in [0, 0.1) is 0 Å². The van der Waals surface area contributed by atoms with Gasteiger partial charge in [0.25, 0.3) is 5.78 Å². The van der Waals surface area contributed by atoms with E-state index < -0.39 is 0 Å². The number of rotatable bonds is 0. The first-order valence-electron chi connectivity index (χ1n) is 2.57. The van der Waals surface area contributed by atoms with Crippen molar-refractivity contribution in [1.29, 1.82) is 0 Å². The lowest BCUT2D eigenvalue weighted by atomic mass is 10.9. The predicted octanol–water partition coefficient (Wildman–Crippen LogP) is -0.775. The van der Waals surface area contributed by atoms with Gasteiger partial charge in [-0.25, -0.2) is 4.40 Å². The van der Waals surface area contributed by atoms with Gasteiger partial charge in [0.1, 0.15) is 12.7 Å². The number of hydrogen-bond acceptors (Lipinski definition) is 5. The Morgan fingerprint density at radius 3 is 3.10 bits per heavy atom. The fourth-order valence-corrected chi connectivity index (χ4v) is 0.652. The maximum Gasteiger partial charge on any atom is 0.303 e. The topological polar surface area (TPSA) is 76.2 Å². The van der Waals surface area contributed by atoms with Gasteiger partial charge in [0, 0.05) is 0 Å². The van der Waals surface area contributed by atoms with Gasteiger partial charge in [0.2, 0.25) is 0 Å². The lowest BCUT2D eigenvalue weighted by Gasteiger charge is -1.90. The monoisotopic (exact) mass is 137 g/mol. The summed E-state index contributed by atoms with van der Waals surface area (Å²) >= 11 is 0. The molecule has 1 N–H and O–H groups in total. The van der Waals surface area contributed by atoms with Crippen LogP contribution in [0.4, 0.5) is 0 Å². The second kappa shape index (κ2) is 1.63. The molecule has 0 bridgehead atoms. The molecule has 0 saturated heterocycles. The molecule has 0 saturated carbocycles. The zero-order valence-electron chi connectivity index (χ0n) is 4.84. The van der Waals surface area contributed by atoms with Gasteiger partial charge in [-0.2, -0.15) is 9.97 Å². The zero-order chi connectivity index (χ0) is 6.97. The minimum Gasteiger partial charge on any atom is -0.480 e. The van der Waals surface area contributed by atoms with Gasteiger partial charge in [0.05, 0.1) is 0 Å². The van der Waals surface area contributed by atoms with Gasteiger partial charge in [-0.3, -0.25) is 0 Å². The number of fused-ring (bicyclic) bond motifs is 1. The average Bonchev–Trinajstić information content (AvgIpc) is 2.36. The highest BCUT2D eigenvalue weighted by atomic mass is 16.3. The molecule has 0 aliphatic carbocycles. The van der Waals surface area contributed by atoms with Gasteiger partial charge in [0.15, 0.2) is 0 Å². The predicted molar refractivity (Wildman–Crippen MR) is 30.2 cm³/mol. The van der Waals surface area contributed by atoms with Crippen LogP contribution in [0.15, 0.2) is 12.7 Å². The van der Waals surface area contributed by atoms with Crippen molar-refractivity contribution in [2.45, 2.75) is 0 Å². The standard InChI is InChI=1S/C4H3N5O/c10-4-6-1-5-3-8-7-2-9(3)4/h1-2H,(H,5,6,8,10). The fourth-order valence-electron chi connectivity index (χ4n) is 0.652. The van der Waals surface area contributed by atoms with Crippen molar-refractivity contribution in [1.82, 2.24) is 24.6 Å². The number of nitrogens with zero attached hydrogens (tertiary/aromatic N) is 5. The van der Waals surface area contributed by atoms with Crippen LogP contribution in [0.25, 0.3) is 5.78 Å². The Balaban J connectivity index is 2.95. The first-order valence-corrected chi connectivity index (χ1v) is 2.57. The molecule has 0 aliphatic rings. The lowest BCUT2D eigenvalue weighted by molar-refractivity contribution is 0.420. The third-order valence-electron chi connectivity index (χ3n) is 1.09. The zero-order valence-corrected chi connectivity index (χ0v) is 4.84. The Morgan fingerprint density at radius 1 is 1.40 bits per heavy atom. The molecule has 0 aromatic carbocycles. The quantitative estimate of drug-likeness (QED) is 0.515. The number of aromatic nitrogens is 5. The molecule has 2 rings (SSSR count). The van der Waals surface area contributed by atoms with Crippen LogP contribution < -0.4 is 0 Å². The number of hydrogen-bond donors (Lipinski definition) is 1. The molecule has 0 aliphatic heterocycles. The molecule has 2 aromatic rings. The summed E-state index contributed by atoms with van der Waals surface area (Å²) in [5.41, 5.74) is 0. The van der Waals surface area contributed by atoms with Crippen LogP contribution in [0.5, 0.6) is 6.01 Å². The van der Waals surface area contributed by atoms with E-state index >= 15 is 0 Å². The van der Waals surface area contributed by atoms with E-state index in [2.05, 4.69) is 20.2 Å². The third kappa shape index (κ3) is 0.524. The van der Waals surface area contributed by atoms with Crippen molar-refractivity contribution in [2.24, 2.45) is 0 Å². The summed E-state index contributed by atoms with van der Waals surface area (Å²) in [6.45, 7) is 0. The van der Waals surface area contributed by atoms with Gasteiger partial charge in [-0.05, 0) is 0 Å². The highest BCUT2D eigenvalue weighted by molar-refractivity contribution is 5.25. The number of aromatic hydroxyl groups is 1. The highest BCUT2D eigenvalue weighted by Crippen LogP contribution is 2.01. The van der Waals surface area contributed by atoms with Crippen molar-refractivity contribution < 1.29 is 5.11 Å². The minimum absolute atomic E-state index is 0.157. The van der Waals surface area contributed by atoms with Crippen molar-refractivity contribution in [3.8, 4) is 6.01 Å². The second-order valence-electron chi connectivity index (χ2n) is 1.67. The van der Waals surface area contributed by atoms with Crippen molar-refractivity contribution in [3.05, 3.63) is 12.7 Å². The molecule has 0 spiro atoms. The van der Waals surface area contributed by atoms with Gasteiger partial charge in [-0.1, -0.05) is 0 Å². The maximum absolute atomic E-state index is 8.99. The van der Waals surface area contributed by atoms with E-state index in [9.17, 15) is 0 Å². The molecule has 6 nitrogen and oxygen atoms in total. The smallest absolute Gasteiger partial charge is 0.303 e. The summed E-state index contributed by atoms with van der Waals surface area (Å²) in [5, 5.41) is 16.1. The summed E-state index contributed by atoms with van der Waals surface area (Å²) in [4.78, 5) is 7.23. The van der Waals surface area contributed by atoms with E-state index in [4.69, 9.17) is 5.11 Å². The molecule has 0 atom stereocenters. The van der Waals surface area contributed by atoms with Gasteiger partial charge < -0.3 is 5.11 Å². The first kappa shape index (κ1) is 5.10. The first-order chi connectivity index (χ1) is 4.88. The molecule has 6 heteroatoms. The van der Waals surface area contributed by atoms with Crippen molar-refractivity contribution in [3.63, 3.8) is 0 Å². The Hall–Kier alpha value is -1.72. The molecular weight excluding hydrogens is 134 g/mol. The van der Waals surface area contributed by atoms with Crippen LogP contribution in [-0.2, 0) is 0 Å². The Morgan fingerprint density at radius 2 is 2.30 bits per heavy atom. The molecule has 0 amide bonds. The second-order valence-corrected chi connectivity index (χ2v) is 1.67. The summed E-state index contributed by atoms with van der Waals surface area (Å²) in [7, 11) is 0. The molecule has 50 valence electrons. The summed E-state index contributed by atoms with van der Waals surface area (Å²) in [5.74, 6) is 0.340. The average molecular weight is 137 g/mol. The Bertz CT molecular complexity index is 355. The van der Waals surface area contributed by atoms with E-state index in [0.717, 1.165) is 0 Å². The summed E-state index contributed by atoms with van der Waals surface area (Å²) in [6, 6.07) is -0.157. The molecule has 2 aromatic heterocycles. The summed E-state index contributed by atoms with van der Waals surface area (Å²) < 4.78 is 1.28. The van der Waals surface area contributed by atoms with E-state index in [1.165, 1.54) is 17.1 Å². The van der Waals surface area contributed by atoms with E-state index in [0.29, 0.717) is 5.78 Å². The van der Waals surface area contributed by atoms with Crippen LogP contribution in [0.3, 0.4) is 0 Å². The molecule has 2 heterocycles. The third-order valence-corrected chi connectivity index (χ3v) is 1.09. The van der Waals surface area contributed by atoms with E-state index in [1.54, 1.807) is 0 Å². The highest BCUT2D eigenvalue weighted by Gasteiger charge is 1.98.